The van der Waals surface area contributed by atoms with Crippen molar-refractivity contribution in [1.82, 2.24) is 0 Å². The fraction of sp³-hybridized carbons (Fsp3) is 0.381. The molecule has 1 unspecified atom stereocenters. The number of hydrogen-bond donors (Lipinski definition) is 0. The molecule has 2 aromatic rings. The van der Waals surface area contributed by atoms with Gasteiger partial charge < -0.3 is 14.2 Å². The van der Waals surface area contributed by atoms with Crippen molar-refractivity contribution in [2.24, 2.45) is 0 Å². The molecule has 0 N–H and O–H groups in total. The standard InChI is InChI=1S/C21H26O4/c1-4-6-7-10-16(25-21(22)5-2)15-24-20-14-13-19(23-3)17-11-8-9-12-18(17)20/h5,8-9,11-14,16H,2,4,6-7,10,15H2,1,3H3. The van der Waals surface area contributed by atoms with Crippen LogP contribution in [-0.4, -0.2) is 25.8 Å². The van der Waals surface area contributed by atoms with E-state index in [1.807, 2.05) is 36.4 Å². The van der Waals surface area contributed by atoms with Gasteiger partial charge >= 0.3 is 5.97 Å². The summed E-state index contributed by atoms with van der Waals surface area (Å²) < 4.78 is 16.8. The number of rotatable bonds is 10. The minimum Gasteiger partial charge on any atom is -0.496 e. The average molecular weight is 342 g/mol. The van der Waals surface area contributed by atoms with Crippen LogP contribution in [0.2, 0.25) is 0 Å². The van der Waals surface area contributed by atoms with E-state index in [1.165, 1.54) is 6.08 Å². The van der Waals surface area contributed by atoms with Crippen LogP contribution in [-0.2, 0) is 9.53 Å². The molecule has 25 heavy (non-hydrogen) atoms. The maximum atomic E-state index is 11.5. The first-order valence-electron chi connectivity index (χ1n) is 8.71. The molecule has 0 radical (unpaired) electrons. The van der Waals surface area contributed by atoms with Crippen molar-refractivity contribution in [3.63, 3.8) is 0 Å². The summed E-state index contributed by atoms with van der Waals surface area (Å²) in [6.07, 6.45) is 4.91. The number of carbonyl (C=O) groups is 1. The van der Waals surface area contributed by atoms with Crippen LogP contribution in [0.25, 0.3) is 10.8 Å². The normalized spacial score (nSPS) is 11.8. The second kappa shape index (κ2) is 9.72. The van der Waals surface area contributed by atoms with E-state index in [9.17, 15) is 4.79 Å². The molecular formula is C21H26O4. The molecule has 0 saturated carbocycles. The SMILES string of the molecule is C=CC(=O)OC(CCCCC)COc1ccc(OC)c2ccccc12. The van der Waals surface area contributed by atoms with Crippen molar-refractivity contribution < 1.29 is 19.0 Å². The number of unbranched alkanes of at least 4 members (excludes halogenated alkanes) is 2. The fourth-order valence-corrected chi connectivity index (χ4v) is 2.74. The Morgan fingerprint density at radius 3 is 2.44 bits per heavy atom. The smallest absolute Gasteiger partial charge is 0.330 e. The second-order valence-corrected chi connectivity index (χ2v) is 5.88. The second-order valence-electron chi connectivity index (χ2n) is 5.88. The molecule has 0 saturated heterocycles. The van der Waals surface area contributed by atoms with Gasteiger partial charge in [0.1, 0.15) is 24.2 Å². The van der Waals surface area contributed by atoms with E-state index in [1.54, 1.807) is 7.11 Å². The molecule has 2 aromatic carbocycles. The quantitative estimate of drug-likeness (QED) is 0.350. The van der Waals surface area contributed by atoms with Crippen molar-refractivity contribution in [1.29, 1.82) is 0 Å². The highest BCUT2D eigenvalue weighted by atomic mass is 16.6. The van der Waals surface area contributed by atoms with Gasteiger partial charge in [0.05, 0.1) is 7.11 Å². The molecular weight excluding hydrogens is 316 g/mol. The summed E-state index contributed by atoms with van der Waals surface area (Å²) in [7, 11) is 1.65. The maximum absolute atomic E-state index is 11.5. The third kappa shape index (κ3) is 5.24. The molecule has 0 aromatic heterocycles. The highest BCUT2D eigenvalue weighted by Crippen LogP contribution is 2.33. The van der Waals surface area contributed by atoms with Crippen LogP contribution in [0.5, 0.6) is 11.5 Å². The Hall–Kier alpha value is -2.49. The van der Waals surface area contributed by atoms with E-state index < -0.39 is 5.97 Å². The highest BCUT2D eigenvalue weighted by Gasteiger charge is 2.15. The molecule has 0 amide bonds. The topological polar surface area (TPSA) is 44.8 Å². The molecule has 0 aliphatic rings. The third-order valence-electron chi connectivity index (χ3n) is 4.07. The van der Waals surface area contributed by atoms with Gasteiger partial charge in [-0.2, -0.15) is 0 Å². The van der Waals surface area contributed by atoms with E-state index in [4.69, 9.17) is 14.2 Å². The molecule has 0 aliphatic heterocycles. The van der Waals surface area contributed by atoms with E-state index in [-0.39, 0.29) is 6.10 Å². The fourth-order valence-electron chi connectivity index (χ4n) is 2.74. The largest absolute Gasteiger partial charge is 0.496 e. The van der Waals surface area contributed by atoms with Gasteiger partial charge in [-0.15, -0.1) is 0 Å². The Labute approximate surface area is 149 Å². The molecule has 4 nitrogen and oxygen atoms in total. The Morgan fingerprint density at radius 2 is 1.80 bits per heavy atom. The number of hydrogen-bond acceptors (Lipinski definition) is 4. The number of esters is 1. The van der Waals surface area contributed by atoms with Crippen LogP contribution in [0, 0.1) is 0 Å². The van der Waals surface area contributed by atoms with E-state index in [0.717, 1.165) is 48.0 Å². The van der Waals surface area contributed by atoms with Gasteiger partial charge in [0, 0.05) is 16.8 Å². The van der Waals surface area contributed by atoms with Crippen molar-refractivity contribution in [3.05, 3.63) is 49.1 Å². The monoisotopic (exact) mass is 342 g/mol. The predicted molar refractivity (Wildman–Crippen MR) is 100 cm³/mol. The molecule has 0 heterocycles. The van der Waals surface area contributed by atoms with E-state index in [0.29, 0.717) is 6.61 Å². The van der Waals surface area contributed by atoms with Gasteiger partial charge in [0.25, 0.3) is 0 Å². The lowest BCUT2D eigenvalue weighted by Gasteiger charge is -2.19. The molecule has 0 fully saturated rings. The summed E-state index contributed by atoms with van der Waals surface area (Å²) in [5.41, 5.74) is 0. The van der Waals surface area contributed by atoms with Crippen LogP contribution in [0.1, 0.15) is 32.6 Å². The summed E-state index contributed by atoms with van der Waals surface area (Å²) >= 11 is 0. The number of methoxy groups -OCH3 is 1. The Balaban J connectivity index is 2.12. The number of benzene rings is 2. The number of fused-ring (bicyclic) bond motifs is 1. The molecule has 0 aliphatic carbocycles. The van der Waals surface area contributed by atoms with Gasteiger partial charge in [-0.05, 0) is 25.0 Å². The van der Waals surface area contributed by atoms with Crippen molar-refractivity contribution in [2.45, 2.75) is 38.7 Å². The van der Waals surface area contributed by atoms with Crippen molar-refractivity contribution in [2.75, 3.05) is 13.7 Å². The Kier molecular flexibility index (Phi) is 7.33. The first-order valence-corrected chi connectivity index (χ1v) is 8.71. The zero-order valence-corrected chi connectivity index (χ0v) is 15.0. The third-order valence-corrected chi connectivity index (χ3v) is 4.07. The Bertz CT molecular complexity index is 708. The van der Waals surface area contributed by atoms with E-state index >= 15 is 0 Å². The summed E-state index contributed by atoms with van der Waals surface area (Å²) in [6.45, 7) is 5.92. The van der Waals surface area contributed by atoms with Crippen LogP contribution in [0.4, 0.5) is 0 Å². The van der Waals surface area contributed by atoms with Crippen LogP contribution >= 0.6 is 0 Å². The van der Waals surface area contributed by atoms with Crippen LogP contribution < -0.4 is 9.47 Å². The summed E-state index contributed by atoms with van der Waals surface area (Å²) in [5.74, 6) is 1.15. The van der Waals surface area contributed by atoms with Gasteiger partial charge in [-0.25, -0.2) is 4.79 Å². The summed E-state index contributed by atoms with van der Waals surface area (Å²) in [4.78, 5) is 11.5. The summed E-state index contributed by atoms with van der Waals surface area (Å²) in [6, 6.07) is 11.7. The van der Waals surface area contributed by atoms with Crippen LogP contribution in [0.15, 0.2) is 49.1 Å². The van der Waals surface area contributed by atoms with E-state index in [2.05, 4.69) is 13.5 Å². The molecule has 0 bridgehead atoms. The van der Waals surface area contributed by atoms with Crippen molar-refractivity contribution >= 4 is 16.7 Å². The van der Waals surface area contributed by atoms with Gasteiger partial charge in [0.2, 0.25) is 0 Å². The van der Waals surface area contributed by atoms with Crippen molar-refractivity contribution in [3.8, 4) is 11.5 Å². The first-order chi connectivity index (χ1) is 12.2. The molecule has 4 heteroatoms. The number of carbonyl (C=O) groups excluding carboxylic acids is 1. The zero-order valence-electron chi connectivity index (χ0n) is 15.0. The molecule has 1 atom stereocenters. The molecule has 0 spiro atoms. The van der Waals surface area contributed by atoms with Gasteiger partial charge in [-0.3, -0.25) is 0 Å². The zero-order chi connectivity index (χ0) is 18.1. The Morgan fingerprint density at radius 1 is 1.12 bits per heavy atom. The lowest BCUT2D eigenvalue weighted by molar-refractivity contribution is -0.144. The maximum Gasteiger partial charge on any atom is 0.330 e. The minimum absolute atomic E-state index is 0.280. The average Bonchev–Trinajstić information content (AvgIpc) is 2.65. The highest BCUT2D eigenvalue weighted by molar-refractivity contribution is 5.93. The molecule has 134 valence electrons. The van der Waals surface area contributed by atoms with Gasteiger partial charge in [0.15, 0.2) is 0 Å². The van der Waals surface area contributed by atoms with Crippen LogP contribution in [0.3, 0.4) is 0 Å². The first kappa shape index (κ1) is 18.8. The predicted octanol–water partition coefficient (Wildman–Crippen LogP) is 4.91. The van der Waals surface area contributed by atoms with Gasteiger partial charge in [-0.1, -0.05) is 50.6 Å². The number of ether oxygens (including phenoxy) is 3. The lowest BCUT2D eigenvalue weighted by Crippen LogP contribution is -2.24. The molecule has 2 rings (SSSR count). The summed E-state index contributed by atoms with van der Waals surface area (Å²) in [5, 5.41) is 1.97. The minimum atomic E-state index is -0.412. The lowest BCUT2D eigenvalue weighted by atomic mass is 10.1.